The van der Waals surface area contributed by atoms with Crippen molar-refractivity contribution in [2.24, 2.45) is 0 Å². The van der Waals surface area contributed by atoms with Gasteiger partial charge in [-0.05, 0) is 49.8 Å². The Morgan fingerprint density at radius 3 is 2.80 bits per heavy atom. The minimum Gasteiger partial charge on any atom is -0.307 e. The number of aryl methyl sites for hydroxylation is 2. The second-order valence-electron chi connectivity index (χ2n) is 8.27. The van der Waals surface area contributed by atoms with Gasteiger partial charge >= 0.3 is 5.69 Å². The Bertz CT molecular complexity index is 1300. The van der Waals surface area contributed by atoms with E-state index in [2.05, 4.69) is 9.97 Å². The number of hydrogen-bond acceptors (Lipinski definition) is 4. The molecule has 1 N–H and O–H groups in total. The minimum absolute atomic E-state index is 0.204. The summed E-state index contributed by atoms with van der Waals surface area (Å²) >= 11 is 0. The predicted octanol–water partition coefficient (Wildman–Crippen LogP) is 2.88. The van der Waals surface area contributed by atoms with Gasteiger partial charge in [-0.3, -0.25) is 19.1 Å². The van der Waals surface area contributed by atoms with Crippen LogP contribution in [0.2, 0.25) is 0 Å². The number of aromatic amines is 1. The molecule has 0 atom stereocenters. The van der Waals surface area contributed by atoms with Gasteiger partial charge in [0.25, 0.3) is 11.5 Å². The number of nitrogens with zero attached hydrogens (tertiary/aromatic N) is 3. The number of hydrogen-bond donors (Lipinski definition) is 1. The number of para-hydroxylation sites is 1. The van der Waals surface area contributed by atoms with Crippen molar-refractivity contribution >= 4 is 22.6 Å². The monoisotopic (exact) mass is 404 g/mol. The van der Waals surface area contributed by atoms with Crippen LogP contribution in [0.25, 0.3) is 11.0 Å². The highest BCUT2D eigenvalue weighted by Gasteiger charge is 2.32. The molecule has 0 bridgehead atoms. The van der Waals surface area contributed by atoms with Gasteiger partial charge in [-0.25, -0.2) is 9.78 Å². The Morgan fingerprint density at radius 2 is 2.07 bits per heavy atom. The van der Waals surface area contributed by atoms with Crippen LogP contribution >= 0.6 is 0 Å². The van der Waals surface area contributed by atoms with Crippen molar-refractivity contribution in [1.29, 1.82) is 0 Å². The quantitative estimate of drug-likeness (QED) is 0.724. The summed E-state index contributed by atoms with van der Waals surface area (Å²) in [6, 6.07) is 7.82. The van der Waals surface area contributed by atoms with Crippen LogP contribution in [0.3, 0.4) is 0 Å². The molecule has 2 aromatic heterocycles. The lowest BCUT2D eigenvalue weighted by Crippen LogP contribution is -2.35. The third-order valence-electron chi connectivity index (χ3n) is 6.08. The maximum atomic E-state index is 13.7. The lowest BCUT2D eigenvalue weighted by Gasteiger charge is -2.21. The fourth-order valence-electron chi connectivity index (χ4n) is 4.48. The van der Waals surface area contributed by atoms with E-state index in [4.69, 9.17) is 0 Å². The molecule has 0 unspecified atom stereocenters. The molecule has 1 aliphatic heterocycles. The number of H-pyrrole nitrogens is 1. The van der Waals surface area contributed by atoms with Crippen molar-refractivity contribution in [1.82, 2.24) is 14.5 Å². The van der Waals surface area contributed by atoms with Crippen LogP contribution in [-0.2, 0) is 13.0 Å². The summed E-state index contributed by atoms with van der Waals surface area (Å²) in [6.45, 7) is 4.97. The van der Waals surface area contributed by atoms with Crippen LogP contribution in [0.1, 0.15) is 59.3 Å². The largest absolute Gasteiger partial charge is 0.329 e. The van der Waals surface area contributed by atoms with Crippen molar-refractivity contribution in [3.8, 4) is 0 Å². The number of aromatic nitrogens is 3. The smallest absolute Gasteiger partial charge is 0.307 e. The number of amides is 1. The topological polar surface area (TPSA) is 88.1 Å². The van der Waals surface area contributed by atoms with Gasteiger partial charge in [0, 0.05) is 24.7 Å². The van der Waals surface area contributed by atoms with E-state index in [0.717, 1.165) is 48.2 Å². The number of nitrogens with one attached hydrogen (secondary N) is 1. The molecule has 1 aromatic carbocycles. The Hall–Kier alpha value is -3.22. The van der Waals surface area contributed by atoms with E-state index in [9.17, 15) is 14.4 Å². The molecule has 7 heteroatoms. The van der Waals surface area contributed by atoms with Gasteiger partial charge in [0.1, 0.15) is 0 Å². The van der Waals surface area contributed by atoms with E-state index >= 15 is 0 Å². The van der Waals surface area contributed by atoms with Crippen LogP contribution in [0, 0.1) is 6.92 Å². The Morgan fingerprint density at radius 1 is 1.27 bits per heavy atom. The number of pyridine rings is 1. The summed E-state index contributed by atoms with van der Waals surface area (Å²) in [5.41, 5.74) is 3.53. The Kier molecular flexibility index (Phi) is 4.34. The molecular formula is C23H24N4O3. The number of rotatable bonds is 4. The zero-order valence-corrected chi connectivity index (χ0v) is 17.2. The first-order chi connectivity index (χ1) is 14.5. The first kappa shape index (κ1) is 18.8. The summed E-state index contributed by atoms with van der Waals surface area (Å²) < 4.78 is 1.49. The van der Waals surface area contributed by atoms with Crippen molar-refractivity contribution in [3.05, 3.63) is 67.5 Å². The van der Waals surface area contributed by atoms with E-state index in [-0.39, 0.29) is 17.2 Å². The normalized spacial score (nSPS) is 15.6. The van der Waals surface area contributed by atoms with Crippen LogP contribution in [-0.4, -0.2) is 27.0 Å². The van der Waals surface area contributed by atoms with Gasteiger partial charge in [-0.1, -0.05) is 25.1 Å². The number of fused-ring (bicyclic) bond motifs is 2. The molecular weight excluding hydrogens is 380 g/mol. The fraction of sp³-hybridized carbons (Fsp3) is 0.391. The number of anilines is 1. The van der Waals surface area contributed by atoms with Crippen LogP contribution in [0.5, 0.6) is 0 Å². The highest BCUT2D eigenvalue weighted by Crippen LogP contribution is 2.40. The molecule has 0 radical (unpaired) electrons. The van der Waals surface area contributed by atoms with Crippen LogP contribution < -0.4 is 16.1 Å². The summed E-state index contributed by atoms with van der Waals surface area (Å²) in [5, 5.41) is 0.208. The average molecular weight is 404 g/mol. The second kappa shape index (κ2) is 6.93. The van der Waals surface area contributed by atoms with Gasteiger partial charge in [-0.15, -0.1) is 0 Å². The zero-order chi connectivity index (χ0) is 21.0. The molecule has 7 nitrogen and oxygen atoms in total. The van der Waals surface area contributed by atoms with E-state index in [0.29, 0.717) is 24.3 Å². The first-order valence-electron chi connectivity index (χ1n) is 10.6. The van der Waals surface area contributed by atoms with Crippen LogP contribution in [0.15, 0.2) is 33.9 Å². The summed E-state index contributed by atoms with van der Waals surface area (Å²) in [7, 11) is 0. The van der Waals surface area contributed by atoms with Crippen molar-refractivity contribution in [3.63, 3.8) is 0 Å². The van der Waals surface area contributed by atoms with Crippen molar-refractivity contribution in [2.45, 2.75) is 52.0 Å². The van der Waals surface area contributed by atoms with Crippen molar-refractivity contribution in [2.75, 3.05) is 11.4 Å². The molecule has 5 rings (SSSR count). The zero-order valence-electron chi connectivity index (χ0n) is 17.2. The lowest BCUT2D eigenvalue weighted by atomic mass is 10.1. The molecule has 1 saturated carbocycles. The molecule has 1 aliphatic carbocycles. The summed E-state index contributed by atoms with van der Waals surface area (Å²) in [4.78, 5) is 47.9. The van der Waals surface area contributed by atoms with E-state index in [1.54, 1.807) is 11.0 Å². The molecule has 0 saturated heterocycles. The standard InChI is InChI=1S/C23H24N4O3/c1-3-10-27-20-18(21(28)25-23(27)30)16(12-17(24-20)14-7-8-14)22(29)26-11-9-15-6-4-5-13(2)19(15)26/h4-6,12,14H,3,7-11H2,1-2H3,(H,25,28,30). The molecule has 30 heavy (non-hydrogen) atoms. The minimum atomic E-state index is -0.551. The van der Waals surface area contributed by atoms with Gasteiger partial charge in [0.15, 0.2) is 5.65 Å². The predicted molar refractivity (Wildman–Crippen MR) is 115 cm³/mol. The highest BCUT2D eigenvalue weighted by molar-refractivity contribution is 6.14. The Labute approximate surface area is 173 Å². The Balaban J connectivity index is 1.75. The van der Waals surface area contributed by atoms with E-state index < -0.39 is 11.2 Å². The maximum absolute atomic E-state index is 13.7. The number of carbonyl (C=O) groups is 1. The lowest BCUT2D eigenvalue weighted by molar-refractivity contribution is 0.0990. The third kappa shape index (κ3) is 2.88. The van der Waals surface area contributed by atoms with E-state index in [1.807, 2.05) is 32.0 Å². The van der Waals surface area contributed by atoms with E-state index in [1.165, 1.54) is 4.57 Å². The van der Waals surface area contributed by atoms with Crippen molar-refractivity contribution < 1.29 is 4.79 Å². The summed E-state index contributed by atoms with van der Waals surface area (Å²) in [6.07, 6.45) is 3.54. The van der Waals surface area contributed by atoms with Gasteiger partial charge < -0.3 is 4.90 Å². The van der Waals surface area contributed by atoms with Gasteiger partial charge in [0.2, 0.25) is 0 Å². The molecule has 1 amide bonds. The molecule has 3 aromatic rings. The molecule has 2 aliphatic rings. The number of benzene rings is 1. The van der Waals surface area contributed by atoms with Crippen LogP contribution in [0.4, 0.5) is 5.69 Å². The maximum Gasteiger partial charge on any atom is 0.329 e. The SMILES string of the molecule is CCCn1c(=O)[nH]c(=O)c2c(C(=O)N3CCc4cccc(C)c43)cc(C3CC3)nc21. The summed E-state index contributed by atoms with van der Waals surface area (Å²) in [5.74, 6) is 0.0857. The molecule has 0 spiro atoms. The molecule has 154 valence electrons. The molecule has 1 fully saturated rings. The fourth-order valence-corrected chi connectivity index (χ4v) is 4.48. The van der Waals surface area contributed by atoms with Gasteiger partial charge in [0.05, 0.1) is 16.6 Å². The second-order valence-corrected chi connectivity index (χ2v) is 8.27. The first-order valence-corrected chi connectivity index (χ1v) is 10.6. The number of carbonyl (C=O) groups excluding carboxylic acids is 1. The molecule has 3 heterocycles. The highest BCUT2D eigenvalue weighted by atomic mass is 16.2. The van der Waals surface area contributed by atoms with Gasteiger partial charge in [-0.2, -0.15) is 0 Å². The third-order valence-corrected chi connectivity index (χ3v) is 6.08. The average Bonchev–Trinajstić information content (AvgIpc) is 3.49.